The fourth-order valence-corrected chi connectivity index (χ4v) is 2.30. The first-order chi connectivity index (χ1) is 6.20. The van der Waals surface area contributed by atoms with Crippen LogP contribution in [0.25, 0.3) is 0 Å². The van der Waals surface area contributed by atoms with E-state index in [9.17, 15) is 0 Å². The number of likely N-dealkylation sites (tertiary alicyclic amines) is 1. The normalized spacial score (nSPS) is 27.0. The van der Waals surface area contributed by atoms with Crippen molar-refractivity contribution in [1.82, 2.24) is 4.90 Å². The standard InChI is InChI=1S/C11H21NO/c1-10(2)13-11(5-6-11)9-12-7-3-4-8-12/h10H,3-9H2,1-2H3. The van der Waals surface area contributed by atoms with Gasteiger partial charge in [-0.2, -0.15) is 0 Å². The van der Waals surface area contributed by atoms with Crippen LogP contribution >= 0.6 is 0 Å². The summed E-state index contributed by atoms with van der Waals surface area (Å²) in [6.45, 7) is 8.06. The Balaban J connectivity index is 1.79. The Bertz CT molecular complexity index is 169. The van der Waals surface area contributed by atoms with Gasteiger partial charge in [0.15, 0.2) is 0 Å². The highest BCUT2D eigenvalue weighted by Gasteiger charge is 2.46. The molecule has 0 spiro atoms. The van der Waals surface area contributed by atoms with Gasteiger partial charge in [-0.15, -0.1) is 0 Å². The lowest BCUT2D eigenvalue weighted by molar-refractivity contribution is -0.0273. The molecule has 0 atom stereocenters. The second-order valence-electron chi connectivity index (χ2n) is 4.83. The molecule has 1 saturated heterocycles. The largest absolute Gasteiger partial charge is 0.371 e. The van der Waals surface area contributed by atoms with Crippen molar-refractivity contribution in [2.24, 2.45) is 0 Å². The van der Waals surface area contributed by atoms with Gasteiger partial charge in [-0.25, -0.2) is 0 Å². The zero-order valence-corrected chi connectivity index (χ0v) is 8.88. The predicted octanol–water partition coefficient (Wildman–Crippen LogP) is 2.04. The molecule has 2 rings (SSSR count). The van der Waals surface area contributed by atoms with Crippen molar-refractivity contribution in [2.75, 3.05) is 19.6 Å². The maximum absolute atomic E-state index is 5.97. The minimum absolute atomic E-state index is 0.262. The molecule has 0 bridgehead atoms. The summed E-state index contributed by atoms with van der Waals surface area (Å²) in [6.07, 6.45) is 5.73. The number of hydrogen-bond acceptors (Lipinski definition) is 2. The van der Waals surface area contributed by atoms with E-state index in [1.807, 2.05) is 0 Å². The molecule has 0 unspecified atom stereocenters. The second kappa shape index (κ2) is 3.58. The third kappa shape index (κ3) is 2.44. The van der Waals surface area contributed by atoms with Gasteiger partial charge < -0.3 is 9.64 Å². The van der Waals surface area contributed by atoms with E-state index in [4.69, 9.17) is 4.74 Å². The van der Waals surface area contributed by atoms with E-state index in [2.05, 4.69) is 18.7 Å². The first-order valence-corrected chi connectivity index (χ1v) is 5.60. The Labute approximate surface area is 81.3 Å². The summed E-state index contributed by atoms with van der Waals surface area (Å²) in [5.74, 6) is 0. The van der Waals surface area contributed by atoms with Crippen molar-refractivity contribution in [2.45, 2.75) is 51.2 Å². The Kier molecular flexibility index (Phi) is 2.61. The molecular formula is C11H21NO. The highest BCUT2D eigenvalue weighted by molar-refractivity contribution is 4.99. The Hall–Kier alpha value is -0.0800. The van der Waals surface area contributed by atoms with Crippen LogP contribution in [0.5, 0.6) is 0 Å². The minimum atomic E-state index is 0.262. The van der Waals surface area contributed by atoms with Crippen LogP contribution in [-0.4, -0.2) is 36.2 Å². The zero-order valence-electron chi connectivity index (χ0n) is 8.88. The third-order valence-corrected chi connectivity index (χ3v) is 3.00. The monoisotopic (exact) mass is 183 g/mol. The van der Waals surface area contributed by atoms with Crippen LogP contribution in [0.2, 0.25) is 0 Å². The molecule has 0 aromatic carbocycles. The number of hydrogen-bond donors (Lipinski definition) is 0. The quantitative estimate of drug-likeness (QED) is 0.661. The highest BCUT2D eigenvalue weighted by Crippen LogP contribution is 2.41. The summed E-state index contributed by atoms with van der Waals surface area (Å²) < 4.78 is 5.97. The molecule has 0 amide bonds. The molecule has 2 heteroatoms. The van der Waals surface area contributed by atoms with Crippen molar-refractivity contribution in [3.63, 3.8) is 0 Å². The molecule has 0 N–H and O–H groups in total. The van der Waals surface area contributed by atoms with Gasteiger partial charge in [-0.1, -0.05) is 0 Å². The molecule has 2 nitrogen and oxygen atoms in total. The Morgan fingerprint density at radius 1 is 1.23 bits per heavy atom. The molecule has 2 aliphatic rings. The van der Waals surface area contributed by atoms with Crippen molar-refractivity contribution in [1.29, 1.82) is 0 Å². The van der Waals surface area contributed by atoms with E-state index in [-0.39, 0.29) is 5.60 Å². The molecule has 1 aliphatic heterocycles. The highest BCUT2D eigenvalue weighted by atomic mass is 16.5. The molecule has 1 heterocycles. The molecule has 0 aromatic heterocycles. The maximum atomic E-state index is 5.97. The van der Waals surface area contributed by atoms with E-state index in [0.29, 0.717) is 6.10 Å². The Morgan fingerprint density at radius 2 is 1.85 bits per heavy atom. The van der Waals surface area contributed by atoms with Gasteiger partial charge in [0.1, 0.15) is 0 Å². The average molecular weight is 183 g/mol. The van der Waals surface area contributed by atoms with Crippen LogP contribution in [0.1, 0.15) is 39.5 Å². The fourth-order valence-electron chi connectivity index (χ4n) is 2.30. The van der Waals surface area contributed by atoms with Gasteiger partial charge in [0.05, 0.1) is 11.7 Å². The average Bonchev–Trinajstić information content (AvgIpc) is 2.61. The van der Waals surface area contributed by atoms with Crippen molar-refractivity contribution >= 4 is 0 Å². The van der Waals surface area contributed by atoms with Gasteiger partial charge >= 0.3 is 0 Å². The summed E-state index contributed by atoms with van der Waals surface area (Å²) >= 11 is 0. The van der Waals surface area contributed by atoms with E-state index >= 15 is 0 Å². The molecule has 13 heavy (non-hydrogen) atoms. The van der Waals surface area contributed by atoms with Crippen LogP contribution < -0.4 is 0 Å². The molecule has 0 radical (unpaired) electrons. The van der Waals surface area contributed by atoms with E-state index in [1.165, 1.54) is 45.3 Å². The molecule has 2 fully saturated rings. The van der Waals surface area contributed by atoms with E-state index < -0.39 is 0 Å². The first-order valence-electron chi connectivity index (χ1n) is 5.60. The van der Waals surface area contributed by atoms with Gasteiger partial charge in [-0.05, 0) is 52.6 Å². The fraction of sp³-hybridized carbons (Fsp3) is 1.00. The lowest BCUT2D eigenvalue weighted by Gasteiger charge is -2.25. The van der Waals surface area contributed by atoms with Crippen LogP contribution in [0.4, 0.5) is 0 Å². The number of ether oxygens (including phenoxy) is 1. The molecule has 1 saturated carbocycles. The smallest absolute Gasteiger partial charge is 0.0814 e. The number of rotatable bonds is 4. The van der Waals surface area contributed by atoms with Crippen molar-refractivity contribution < 1.29 is 4.74 Å². The van der Waals surface area contributed by atoms with Crippen molar-refractivity contribution in [3.8, 4) is 0 Å². The molecule has 0 aromatic rings. The van der Waals surface area contributed by atoms with Gasteiger partial charge in [0.2, 0.25) is 0 Å². The molecular weight excluding hydrogens is 162 g/mol. The lowest BCUT2D eigenvalue weighted by atomic mass is 10.3. The summed E-state index contributed by atoms with van der Waals surface area (Å²) in [5, 5.41) is 0. The van der Waals surface area contributed by atoms with E-state index in [0.717, 1.165) is 0 Å². The first kappa shape index (κ1) is 9.47. The van der Waals surface area contributed by atoms with Gasteiger partial charge in [0.25, 0.3) is 0 Å². The van der Waals surface area contributed by atoms with Crippen LogP contribution in [0.3, 0.4) is 0 Å². The third-order valence-electron chi connectivity index (χ3n) is 3.00. The number of nitrogens with zero attached hydrogens (tertiary/aromatic N) is 1. The van der Waals surface area contributed by atoms with Crippen LogP contribution in [-0.2, 0) is 4.74 Å². The molecule has 76 valence electrons. The summed E-state index contributed by atoms with van der Waals surface area (Å²) in [4.78, 5) is 2.56. The second-order valence-corrected chi connectivity index (χ2v) is 4.83. The van der Waals surface area contributed by atoms with E-state index in [1.54, 1.807) is 0 Å². The maximum Gasteiger partial charge on any atom is 0.0814 e. The summed E-state index contributed by atoms with van der Waals surface area (Å²) in [7, 11) is 0. The van der Waals surface area contributed by atoms with Gasteiger partial charge in [-0.3, -0.25) is 0 Å². The van der Waals surface area contributed by atoms with Crippen molar-refractivity contribution in [3.05, 3.63) is 0 Å². The minimum Gasteiger partial charge on any atom is -0.371 e. The topological polar surface area (TPSA) is 12.5 Å². The van der Waals surface area contributed by atoms with Gasteiger partial charge in [0, 0.05) is 6.54 Å². The predicted molar refractivity (Wildman–Crippen MR) is 53.9 cm³/mol. The Morgan fingerprint density at radius 3 is 2.31 bits per heavy atom. The zero-order chi connectivity index (χ0) is 9.31. The summed E-state index contributed by atoms with van der Waals surface area (Å²) in [6, 6.07) is 0. The van der Waals surface area contributed by atoms with Crippen LogP contribution in [0.15, 0.2) is 0 Å². The SMILES string of the molecule is CC(C)OC1(CN2CCCC2)CC1. The van der Waals surface area contributed by atoms with Crippen LogP contribution in [0, 0.1) is 0 Å². The summed E-state index contributed by atoms with van der Waals surface area (Å²) in [5.41, 5.74) is 0.262. The lowest BCUT2D eigenvalue weighted by Crippen LogP contribution is -2.35. The molecule has 1 aliphatic carbocycles.